The second-order valence-electron chi connectivity index (χ2n) is 7.65. The molecule has 192 valence electrons. The van der Waals surface area contributed by atoms with Crippen LogP contribution in [0, 0.1) is 0 Å². The number of carbonyl (C=O) groups is 5. The van der Waals surface area contributed by atoms with E-state index < -0.39 is 60.7 Å². The van der Waals surface area contributed by atoms with Crippen LogP contribution >= 0.6 is 0 Å². The number of hydrogen-bond acceptors (Lipinski definition) is 7. The molecule has 0 radical (unpaired) electrons. The second kappa shape index (κ2) is 14.8. The van der Waals surface area contributed by atoms with Gasteiger partial charge in [0.05, 0.1) is 12.5 Å². The highest BCUT2D eigenvalue weighted by molar-refractivity contribution is 5.94. The highest BCUT2D eigenvalue weighted by Crippen LogP contribution is 2.06. The van der Waals surface area contributed by atoms with Gasteiger partial charge in [0.2, 0.25) is 23.6 Å². The Kier molecular flexibility index (Phi) is 12.2. The third-order valence-corrected chi connectivity index (χ3v) is 4.67. The summed E-state index contributed by atoms with van der Waals surface area (Å²) in [4.78, 5) is 63.8. The number of aliphatic carboxylic acids is 1. The molecular formula is C21H32N8O6. The van der Waals surface area contributed by atoms with E-state index in [1.807, 2.05) is 0 Å². The number of aliphatic imine (C=N–C) groups is 1. The fourth-order valence-electron chi connectivity index (χ4n) is 2.98. The average molecular weight is 493 g/mol. The minimum atomic E-state index is -1.28. The highest BCUT2D eigenvalue weighted by atomic mass is 16.4. The summed E-state index contributed by atoms with van der Waals surface area (Å²) < 4.78 is 0. The first-order valence-electron chi connectivity index (χ1n) is 10.7. The fraction of sp³-hybridized carbons (Fsp3) is 0.429. The summed E-state index contributed by atoms with van der Waals surface area (Å²) in [5.41, 5.74) is 22.0. The largest absolute Gasteiger partial charge is 0.480 e. The maximum Gasteiger partial charge on any atom is 0.322 e. The zero-order chi connectivity index (χ0) is 26.4. The van der Waals surface area contributed by atoms with Gasteiger partial charge in [0.15, 0.2) is 5.96 Å². The van der Waals surface area contributed by atoms with Crippen LogP contribution in [-0.2, 0) is 30.4 Å². The van der Waals surface area contributed by atoms with E-state index in [-0.39, 0.29) is 31.8 Å². The van der Waals surface area contributed by atoms with Gasteiger partial charge in [0, 0.05) is 13.0 Å². The third kappa shape index (κ3) is 12.0. The summed E-state index contributed by atoms with van der Waals surface area (Å²) in [6.07, 6.45) is -0.00137. The zero-order valence-electron chi connectivity index (χ0n) is 19.1. The lowest BCUT2D eigenvalue weighted by Gasteiger charge is -2.24. The third-order valence-electron chi connectivity index (χ3n) is 4.67. The van der Waals surface area contributed by atoms with Crippen LogP contribution in [0.1, 0.15) is 24.8 Å². The van der Waals surface area contributed by atoms with Crippen molar-refractivity contribution in [1.29, 1.82) is 0 Å². The number of guanidine groups is 1. The van der Waals surface area contributed by atoms with Gasteiger partial charge in [-0.25, -0.2) is 0 Å². The first-order valence-corrected chi connectivity index (χ1v) is 10.7. The summed E-state index contributed by atoms with van der Waals surface area (Å²) in [5.74, 6) is -4.42. The number of nitrogens with zero attached hydrogens (tertiary/aromatic N) is 1. The number of nitrogens with one attached hydrogen (secondary N) is 3. The lowest BCUT2D eigenvalue weighted by atomic mass is 10.0. The van der Waals surface area contributed by atoms with Gasteiger partial charge in [-0.1, -0.05) is 30.3 Å². The first-order chi connectivity index (χ1) is 16.5. The van der Waals surface area contributed by atoms with Gasteiger partial charge in [-0.15, -0.1) is 0 Å². The van der Waals surface area contributed by atoms with E-state index in [1.54, 1.807) is 30.3 Å². The predicted octanol–water partition coefficient (Wildman–Crippen LogP) is -3.34. The normalized spacial score (nSPS) is 12.9. The molecule has 0 saturated carbocycles. The number of primary amides is 1. The molecule has 0 aromatic heterocycles. The number of carboxylic acids is 1. The number of nitrogens with two attached hydrogens (primary N) is 4. The Bertz CT molecular complexity index is 920. The van der Waals surface area contributed by atoms with Gasteiger partial charge in [-0.2, -0.15) is 0 Å². The van der Waals surface area contributed by atoms with Crippen molar-refractivity contribution in [3.63, 3.8) is 0 Å². The lowest BCUT2D eigenvalue weighted by Crippen LogP contribution is -2.56. The molecule has 1 aromatic rings. The topological polar surface area (TPSA) is 258 Å². The van der Waals surface area contributed by atoms with Gasteiger partial charge in [-0.05, 0) is 18.4 Å². The average Bonchev–Trinajstić information content (AvgIpc) is 2.78. The Balaban J connectivity index is 3.02. The van der Waals surface area contributed by atoms with E-state index in [1.165, 1.54) is 0 Å². The maximum atomic E-state index is 13.1. The number of hydrogen-bond donors (Lipinski definition) is 8. The molecule has 0 saturated heterocycles. The molecule has 12 N–H and O–H groups in total. The van der Waals surface area contributed by atoms with Gasteiger partial charge in [0.25, 0.3) is 0 Å². The molecule has 0 heterocycles. The van der Waals surface area contributed by atoms with Crippen LogP contribution in [0.3, 0.4) is 0 Å². The van der Waals surface area contributed by atoms with E-state index in [0.717, 1.165) is 0 Å². The molecular weight excluding hydrogens is 460 g/mol. The lowest BCUT2D eigenvalue weighted by molar-refractivity contribution is -0.138. The Labute approximate surface area is 201 Å². The minimum absolute atomic E-state index is 0.0634. The van der Waals surface area contributed by atoms with Crippen LogP contribution in [0.4, 0.5) is 0 Å². The number of rotatable bonds is 15. The first kappa shape index (κ1) is 28.8. The van der Waals surface area contributed by atoms with Crippen LogP contribution in [0.2, 0.25) is 0 Å². The maximum absolute atomic E-state index is 13.1. The van der Waals surface area contributed by atoms with E-state index in [0.29, 0.717) is 5.56 Å². The van der Waals surface area contributed by atoms with Gasteiger partial charge < -0.3 is 44.0 Å². The van der Waals surface area contributed by atoms with Gasteiger partial charge in [-0.3, -0.25) is 29.0 Å². The monoisotopic (exact) mass is 492 g/mol. The molecule has 0 aliphatic carbocycles. The van der Waals surface area contributed by atoms with Gasteiger partial charge >= 0.3 is 5.97 Å². The minimum Gasteiger partial charge on any atom is -0.480 e. The van der Waals surface area contributed by atoms with Gasteiger partial charge in [0.1, 0.15) is 18.6 Å². The smallest absolute Gasteiger partial charge is 0.322 e. The van der Waals surface area contributed by atoms with Crippen molar-refractivity contribution >= 4 is 35.6 Å². The van der Waals surface area contributed by atoms with Crippen LogP contribution in [-0.4, -0.2) is 71.9 Å². The molecule has 3 atom stereocenters. The van der Waals surface area contributed by atoms with Crippen molar-refractivity contribution in [1.82, 2.24) is 16.0 Å². The molecule has 1 rings (SSSR count). The van der Waals surface area contributed by atoms with E-state index in [9.17, 15) is 24.0 Å². The molecule has 0 unspecified atom stereocenters. The number of amides is 4. The number of benzene rings is 1. The quantitative estimate of drug-likeness (QED) is 0.0690. The molecule has 0 bridgehead atoms. The predicted molar refractivity (Wildman–Crippen MR) is 126 cm³/mol. The van der Waals surface area contributed by atoms with E-state index in [4.69, 9.17) is 28.0 Å². The van der Waals surface area contributed by atoms with Crippen LogP contribution in [0.15, 0.2) is 35.3 Å². The van der Waals surface area contributed by atoms with Crippen molar-refractivity contribution in [3.05, 3.63) is 35.9 Å². The van der Waals surface area contributed by atoms with Crippen molar-refractivity contribution in [2.45, 2.75) is 43.8 Å². The summed E-state index contributed by atoms with van der Waals surface area (Å²) in [6.45, 7) is -0.470. The number of carbonyl (C=O) groups excluding carboxylic acids is 4. The fourth-order valence-corrected chi connectivity index (χ4v) is 2.98. The molecule has 0 aliphatic rings. The Hall–Kier alpha value is -4.20. The Morgan fingerprint density at radius 1 is 0.914 bits per heavy atom. The van der Waals surface area contributed by atoms with Crippen LogP contribution < -0.4 is 38.9 Å². The zero-order valence-corrected chi connectivity index (χ0v) is 19.1. The summed E-state index contributed by atoms with van der Waals surface area (Å²) >= 11 is 0. The Morgan fingerprint density at radius 2 is 1.54 bits per heavy atom. The second-order valence-corrected chi connectivity index (χ2v) is 7.65. The summed E-state index contributed by atoms with van der Waals surface area (Å²) in [6, 6.07) is 5.18. The molecule has 0 aliphatic heterocycles. The molecule has 4 amide bonds. The molecule has 0 spiro atoms. The standard InChI is InChI=1S/C21H32N8O6/c22-13(10-16(23)30)18(33)28-14(7-4-8-26-21(24)25)20(35)29-15(19(34)27-11-17(31)32)9-12-5-2-1-3-6-12/h1-3,5-6,13-15H,4,7-11,22H2,(H2,23,30)(H,27,34)(H,28,33)(H,29,35)(H,31,32)(H4,24,25,26)/t13-,14-,15-/m0/s1. The summed E-state index contributed by atoms with van der Waals surface area (Å²) in [5, 5.41) is 16.1. The van der Waals surface area contributed by atoms with E-state index >= 15 is 0 Å². The molecule has 14 nitrogen and oxygen atoms in total. The molecule has 0 fully saturated rings. The van der Waals surface area contributed by atoms with E-state index in [2.05, 4.69) is 20.9 Å². The van der Waals surface area contributed by atoms with Crippen molar-refractivity contribution in [2.75, 3.05) is 13.1 Å². The molecule has 14 heteroatoms. The van der Waals surface area contributed by atoms with Crippen molar-refractivity contribution in [3.8, 4) is 0 Å². The van der Waals surface area contributed by atoms with Crippen molar-refractivity contribution < 1.29 is 29.1 Å². The molecule has 35 heavy (non-hydrogen) atoms. The van der Waals surface area contributed by atoms with Crippen LogP contribution in [0.5, 0.6) is 0 Å². The Morgan fingerprint density at radius 3 is 2.11 bits per heavy atom. The summed E-state index contributed by atoms with van der Waals surface area (Å²) in [7, 11) is 0. The number of carboxylic acid groups (broad SMARTS) is 1. The SMILES string of the molecule is NC(=O)C[C@H](N)C(=O)N[C@@H](CCCN=C(N)N)C(=O)N[C@@H](Cc1ccccc1)C(=O)NCC(=O)O. The van der Waals surface area contributed by atoms with Crippen molar-refractivity contribution in [2.24, 2.45) is 27.9 Å². The molecule has 1 aromatic carbocycles. The highest BCUT2D eigenvalue weighted by Gasteiger charge is 2.28. The van der Waals surface area contributed by atoms with Crippen LogP contribution in [0.25, 0.3) is 0 Å².